The molecule has 0 fully saturated rings. The van der Waals surface area contributed by atoms with Crippen LogP contribution in [0.15, 0.2) is 59.8 Å². The largest absolute Gasteiger partial charge is 0.494 e. The van der Waals surface area contributed by atoms with Gasteiger partial charge in [-0.15, -0.1) is 0 Å². The zero-order valence-corrected chi connectivity index (χ0v) is 16.2. The van der Waals surface area contributed by atoms with Gasteiger partial charge in [0.1, 0.15) is 5.75 Å². The van der Waals surface area contributed by atoms with E-state index in [0.717, 1.165) is 34.5 Å². The summed E-state index contributed by atoms with van der Waals surface area (Å²) in [5.74, 6) is 1.17. The van der Waals surface area contributed by atoms with Gasteiger partial charge in [0.2, 0.25) is 5.95 Å². The van der Waals surface area contributed by atoms with Crippen LogP contribution in [0.2, 0.25) is 0 Å². The lowest BCUT2D eigenvalue weighted by Gasteiger charge is -2.30. The molecule has 0 spiro atoms. The maximum Gasteiger partial charge on any atom is 0.337 e. The molecule has 2 heterocycles. The van der Waals surface area contributed by atoms with Gasteiger partial charge in [0.25, 0.3) is 0 Å². The molecule has 3 aromatic rings. The van der Waals surface area contributed by atoms with E-state index in [2.05, 4.69) is 16.8 Å². The molecule has 28 heavy (non-hydrogen) atoms. The summed E-state index contributed by atoms with van der Waals surface area (Å²) < 4.78 is 12.9. The molecule has 4 rings (SSSR count). The number of hydrogen-bond donors (Lipinski definition) is 1. The molecule has 0 aliphatic carbocycles. The number of rotatable bonds is 5. The summed E-state index contributed by atoms with van der Waals surface area (Å²) in [6, 6.07) is 15.4. The lowest BCUT2D eigenvalue weighted by atomic mass is 9.95. The number of methoxy groups -OCH3 is 1. The second-order valence-corrected chi connectivity index (χ2v) is 6.77. The molecule has 0 unspecified atom stereocenters. The van der Waals surface area contributed by atoms with Crippen LogP contribution in [0.3, 0.4) is 0 Å². The summed E-state index contributed by atoms with van der Waals surface area (Å²) in [5.41, 5.74) is 4.10. The molecule has 1 aromatic heterocycles. The maximum atomic E-state index is 12.7. The van der Waals surface area contributed by atoms with Crippen molar-refractivity contribution in [3.8, 4) is 5.75 Å². The zero-order valence-electron chi connectivity index (χ0n) is 16.2. The number of carbonyl (C=O) groups is 1. The second kappa shape index (κ2) is 7.38. The minimum absolute atomic E-state index is 0.337. The molecule has 1 atom stereocenters. The number of carbonyl (C=O) groups excluding carboxylic acids is 1. The SMILES string of the molecule is CCCOc1ccc([C@H]2C(C(=O)OC)=C(C)Nc3nc4ccccc4n32)cc1. The number of esters is 1. The van der Waals surface area contributed by atoms with Gasteiger partial charge in [0, 0.05) is 5.70 Å². The number of imidazole rings is 1. The van der Waals surface area contributed by atoms with Crippen molar-refractivity contribution < 1.29 is 14.3 Å². The first-order valence-corrected chi connectivity index (χ1v) is 9.40. The fourth-order valence-corrected chi connectivity index (χ4v) is 3.62. The summed E-state index contributed by atoms with van der Waals surface area (Å²) in [5, 5.41) is 3.26. The monoisotopic (exact) mass is 377 g/mol. The van der Waals surface area contributed by atoms with Crippen LogP contribution in [0.25, 0.3) is 11.0 Å². The molecule has 0 saturated carbocycles. The summed E-state index contributed by atoms with van der Waals surface area (Å²) >= 11 is 0. The maximum absolute atomic E-state index is 12.7. The standard InChI is InChI=1S/C22H23N3O3/c1-4-13-28-16-11-9-15(10-12-16)20-19(21(26)27-3)14(2)23-22-24-17-7-5-6-8-18(17)25(20)22/h5-12,20H,4,13H2,1-3H3,(H,23,24)/t20-/m0/s1. The Bertz CT molecular complexity index is 1050. The number of anilines is 1. The quantitative estimate of drug-likeness (QED) is 0.672. The number of nitrogens with one attached hydrogen (secondary N) is 1. The van der Waals surface area contributed by atoms with Gasteiger partial charge in [-0.2, -0.15) is 0 Å². The first kappa shape index (κ1) is 18.1. The van der Waals surface area contributed by atoms with Crippen molar-refractivity contribution in [2.24, 2.45) is 0 Å². The summed E-state index contributed by atoms with van der Waals surface area (Å²) in [6.07, 6.45) is 0.953. The van der Waals surface area contributed by atoms with E-state index in [1.54, 1.807) is 0 Å². The van der Waals surface area contributed by atoms with Gasteiger partial charge in [-0.05, 0) is 43.2 Å². The number of para-hydroxylation sites is 2. The molecule has 0 bridgehead atoms. The van der Waals surface area contributed by atoms with Crippen LogP contribution in [0, 0.1) is 0 Å². The van der Waals surface area contributed by atoms with Crippen molar-refractivity contribution >= 4 is 23.0 Å². The van der Waals surface area contributed by atoms with E-state index < -0.39 is 0 Å². The number of fused-ring (bicyclic) bond motifs is 3. The van der Waals surface area contributed by atoms with E-state index >= 15 is 0 Å². The molecule has 0 radical (unpaired) electrons. The number of hydrogen-bond acceptors (Lipinski definition) is 5. The Morgan fingerprint density at radius 3 is 2.64 bits per heavy atom. The van der Waals surface area contributed by atoms with Crippen molar-refractivity contribution in [2.75, 3.05) is 19.0 Å². The predicted molar refractivity (Wildman–Crippen MR) is 108 cm³/mol. The van der Waals surface area contributed by atoms with Gasteiger partial charge in [-0.25, -0.2) is 9.78 Å². The molecular weight excluding hydrogens is 354 g/mol. The van der Waals surface area contributed by atoms with Crippen molar-refractivity contribution in [1.29, 1.82) is 0 Å². The molecule has 0 saturated heterocycles. The molecule has 2 aromatic carbocycles. The minimum atomic E-state index is -0.357. The number of allylic oxidation sites excluding steroid dienone is 1. The topological polar surface area (TPSA) is 65.4 Å². The highest BCUT2D eigenvalue weighted by atomic mass is 16.5. The van der Waals surface area contributed by atoms with Gasteiger partial charge in [0.15, 0.2) is 0 Å². The Hall–Kier alpha value is -3.28. The van der Waals surface area contributed by atoms with Gasteiger partial charge in [0.05, 0.1) is 36.4 Å². The lowest BCUT2D eigenvalue weighted by Crippen LogP contribution is -2.28. The van der Waals surface area contributed by atoms with Crippen molar-refractivity contribution in [1.82, 2.24) is 9.55 Å². The van der Waals surface area contributed by atoms with Crippen LogP contribution in [0.4, 0.5) is 5.95 Å². The Balaban J connectivity index is 1.87. The second-order valence-electron chi connectivity index (χ2n) is 6.77. The Morgan fingerprint density at radius 1 is 1.18 bits per heavy atom. The Labute approximate surface area is 163 Å². The highest BCUT2D eigenvalue weighted by Gasteiger charge is 2.34. The first-order chi connectivity index (χ1) is 13.6. The van der Waals surface area contributed by atoms with E-state index in [9.17, 15) is 4.79 Å². The molecule has 1 N–H and O–H groups in total. The number of aromatic nitrogens is 2. The number of ether oxygens (including phenoxy) is 2. The third kappa shape index (κ3) is 3.01. The highest BCUT2D eigenvalue weighted by molar-refractivity contribution is 5.94. The van der Waals surface area contributed by atoms with Gasteiger partial charge < -0.3 is 14.8 Å². The molecular formula is C22H23N3O3. The van der Waals surface area contributed by atoms with Crippen molar-refractivity contribution in [3.05, 3.63) is 65.4 Å². The van der Waals surface area contributed by atoms with Crippen LogP contribution in [0.5, 0.6) is 5.75 Å². The van der Waals surface area contributed by atoms with Crippen LogP contribution in [-0.4, -0.2) is 29.2 Å². The van der Waals surface area contributed by atoms with E-state index in [-0.39, 0.29) is 12.0 Å². The van der Waals surface area contributed by atoms with Crippen molar-refractivity contribution in [2.45, 2.75) is 26.3 Å². The van der Waals surface area contributed by atoms with Crippen LogP contribution >= 0.6 is 0 Å². The Kier molecular flexibility index (Phi) is 4.77. The average molecular weight is 377 g/mol. The van der Waals surface area contributed by atoms with Gasteiger partial charge >= 0.3 is 5.97 Å². The molecule has 144 valence electrons. The van der Waals surface area contributed by atoms with Gasteiger partial charge in [-0.1, -0.05) is 31.2 Å². The fraction of sp³-hybridized carbons (Fsp3) is 0.273. The van der Waals surface area contributed by atoms with E-state index in [1.807, 2.05) is 55.5 Å². The third-order valence-electron chi connectivity index (χ3n) is 4.90. The fourth-order valence-electron chi connectivity index (χ4n) is 3.62. The van der Waals surface area contributed by atoms with E-state index in [4.69, 9.17) is 14.5 Å². The summed E-state index contributed by atoms with van der Waals surface area (Å²) in [7, 11) is 1.41. The number of nitrogens with zero attached hydrogens (tertiary/aromatic N) is 2. The highest BCUT2D eigenvalue weighted by Crippen LogP contribution is 2.39. The smallest absolute Gasteiger partial charge is 0.337 e. The zero-order chi connectivity index (χ0) is 19.7. The molecule has 6 heteroatoms. The molecule has 6 nitrogen and oxygen atoms in total. The normalized spacial score (nSPS) is 15.9. The van der Waals surface area contributed by atoms with Crippen LogP contribution in [-0.2, 0) is 9.53 Å². The van der Waals surface area contributed by atoms with Crippen LogP contribution in [0.1, 0.15) is 31.9 Å². The average Bonchev–Trinajstić information content (AvgIpc) is 3.09. The summed E-state index contributed by atoms with van der Waals surface area (Å²) in [6.45, 7) is 4.63. The van der Waals surface area contributed by atoms with E-state index in [1.165, 1.54) is 7.11 Å². The first-order valence-electron chi connectivity index (χ1n) is 9.40. The minimum Gasteiger partial charge on any atom is -0.494 e. The third-order valence-corrected chi connectivity index (χ3v) is 4.90. The van der Waals surface area contributed by atoms with Crippen LogP contribution < -0.4 is 10.1 Å². The van der Waals surface area contributed by atoms with Gasteiger partial charge in [-0.3, -0.25) is 4.57 Å². The molecule has 1 aliphatic heterocycles. The number of benzene rings is 2. The van der Waals surface area contributed by atoms with E-state index in [0.29, 0.717) is 18.1 Å². The summed E-state index contributed by atoms with van der Waals surface area (Å²) in [4.78, 5) is 17.4. The lowest BCUT2D eigenvalue weighted by molar-refractivity contribution is -0.136. The molecule has 1 aliphatic rings. The molecule has 0 amide bonds. The predicted octanol–water partition coefficient (Wildman–Crippen LogP) is 4.29. The van der Waals surface area contributed by atoms with Crippen molar-refractivity contribution in [3.63, 3.8) is 0 Å². The Morgan fingerprint density at radius 2 is 1.93 bits per heavy atom.